The van der Waals surface area contributed by atoms with Gasteiger partial charge in [-0.25, -0.2) is 0 Å². The van der Waals surface area contributed by atoms with E-state index in [9.17, 15) is 18.0 Å². The fourth-order valence-corrected chi connectivity index (χ4v) is 1.84. The van der Waals surface area contributed by atoms with Crippen molar-refractivity contribution < 1.29 is 27.8 Å². The van der Waals surface area contributed by atoms with E-state index in [0.29, 0.717) is 13.2 Å². The van der Waals surface area contributed by atoms with Crippen LogP contribution < -0.4 is 5.32 Å². The molecule has 0 aromatic heterocycles. The molecule has 0 amide bonds. The first kappa shape index (κ1) is 15.2. The summed E-state index contributed by atoms with van der Waals surface area (Å²) in [5.41, 5.74) is 0.00462. The number of hydrogen-bond donors (Lipinski definition) is 2. The molecule has 1 aliphatic rings. The fraction of sp³-hybridized carbons (Fsp3) is 0.909. The van der Waals surface area contributed by atoms with Gasteiger partial charge in [0.1, 0.15) is 0 Å². The standard InChI is InChI=1S/C11H18F3NO3/c1-18-5-4-10(2-3-10)7-15-6-8(9(16)17)11(12,13)14/h8,15H,2-7H2,1H3,(H,16,17). The molecule has 1 rings (SSSR count). The van der Waals surface area contributed by atoms with Gasteiger partial charge in [-0.2, -0.15) is 13.2 Å². The molecule has 1 aliphatic carbocycles. The molecule has 0 spiro atoms. The first-order chi connectivity index (χ1) is 8.31. The van der Waals surface area contributed by atoms with Crippen molar-refractivity contribution in [3.05, 3.63) is 0 Å². The van der Waals surface area contributed by atoms with Crippen molar-refractivity contribution in [1.29, 1.82) is 0 Å². The Morgan fingerprint density at radius 1 is 1.50 bits per heavy atom. The zero-order chi connectivity index (χ0) is 13.8. The van der Waals surface area contributed by atoms with Crippen LogP contribution in [0, 0.1) is 11.3 Å². The Hall–Kier alpha value is -0.820. The van der Waals surface area contributed by atoms with Gasteiger partial charge < -0.3 is 15.2 Å². The number of hydrogen-bond acceptors (Lipinski definition) is 3. The lowest BCUT2D eigenvalue weighted by molar-refractivity contribution is -0.192. The second-order valence-electron chi connectivity index (χ2n) is 4.81. The number of aliphatic carboxylic acids is 1. The quantitative estimate of drug-likeness (QED) is 0.703. The highest BCUT2D eigenvalue weighted by molar-refractivity contribution is 5.71. The van der Waals surface area contributed by atoms with Gasteiger partial charge in [0, 0.05) is 26.8 Å². The van der Waals surface area contributed by atoms with E-state index in [1.54, 1.807) is 7.11 Å². The summed E-state index contributed by atoms with van der Waals surface area (Å²) in [6.07, 6.45) is -2.01. The van der Waals surface area contributed by atoms with Gasteiger partial charge in [0.05, 0.1) is 0 Å². The van der Waals surface area contributed by atoms with Crippen LogP contribution >= 0.6 is 0 Å². The van der Waals surface area contributed by atoms with E-state index in [-0.39, 0.29) is 5.41 Å². The maximum absolute atomic E-state index is 12.4. The minimum Gasteiger partial charge on any atom is -0.481 e. The van der Waals surface area contributed by atoms with Gasteiger partial charge >= 0.3 is 12.1 Å². The van der Waals surface area contributed by atoms with Crippen molar-refractivity contribution in [3.8, 4) is 0 Å². The monoisotopic (exact) mass is 269 g/mol. The van der Waals surface area contributed by atoms with Gasteiger partial charge in [-0.1, -0.05) is 0 Å². The molecule has 7 heteroatoms. The van der Waals surface area contributed by atoms with Crippen LogP contribution in [0.2, 0.25) is 0 Å². The molecule has 0 aliphatic heterocycles. The molecule has 106 valence electrons. The van der Waals surface area contributed by atoms with Crippen LogP contribution in [-0.4, -0.2) is 44.1 Å². The van der Waals surface area contributed by atoms with Crippen LogP contribution in [0.3, 0.4) is 0 Å². The summed E-state index contributed by atoms with van der Waals surface area (Å²) in [5.74, 6) is -4.17. The Labute approximate surface area is 103 Å². The summed E-state index contributed by atoms with van der Waals surface area (Å²) >= 11 is 0. The van der Waals surface area contributed by atoms with E-state index >= 15 is 0 Å². The molecular weight excluding hydrogens is 251 g/mol. The van der Waals surface area contributed by atoms with Gasteiger partial charge in [-0.05, 0) is 24.7 Å². The highest BCUT2D eigenvalue weighted by atomic mass is 19.4. The summed E-state index contributed by atoms with van der Waals surface area (Å²) in [5, 5.41) is 11.1. The van der Waals surface area contributed by atoms with Crippen molar-refractivity contribution in [2.24, 2.45) is 11.3 Å². The zero-order valence-corrected chi connectivity index (χ0v) is 10.2. The third-order valence-electron chi connectivity index (χ3n) is 3.34. The molecule has 1 fully saturated rings. The van der Waals surface area contributed by atoms with Gasteiger partial charge in [-0.15, -0.1) is 0 Å². The lowest BCUT2D eigenvalue weighted by Gasteiger charge is -2.19. The fourth-order valence-electron chi connectivity index (χ4n) is 1.84. The maximum Gasteiger partial charge on any atom is 0.403 e. The molecule has 2 N–H and O–H groups in total. The smallest absolute Gasteiger partial charge is 0.403 e. The molecule has 0 aromatic rings. The van der Waals surface area contributed by atoms with E-state index in [1.807, 2.05) is 0 Å². The van der Waals surface area contributed by atoms with Crippen molar-refractivity contribution >= 4 is 5.97 Å². The Kier molecular flexibility index (Phi) is 4.98. The Morgan fingerprint density at radius 2 is 2.11 bits per heavy atom. The molecule has 18 heavy (non-hydrogen) atoms. The molecule has 0 aromatic carbocycles. The molecule has 0 saturated heterocycles. The second-order valence-corrected chi connectivity index (χ2v) is 4.81. The molecule has 1 saturated carbocycles. The molecule has 0 bridgehead atoms. The first-order valence-electron chi connectivity index (χ1n) is 5.80. The van der Waals surface area contributed by atoms with Crippen LogP contribution in [0.15, 0.2) is 0 Å². The summed E-state index contributed by atoms with van der Waals surface area (Å²) in [4.78, 5) is 10.5. The van der Waals surface area contributed by atoms with Crippen LogP contribution in [0.25, 0.3) is 0 Å². The number of halogens is 3. The number of carbonyl (C=O) groups is 1. The maximum atomic E-state index is 12.4. The van der Waals surface area contributed by atoms with Gasteiger partial charge in [0.25, 0.3) is 0 Å². The van der Waals surface area contributed by atoms with Crippen LogP contribution in [0.5, 0.6) is 0 Å². The molecule has 1 unspecified atom stereocenters. The van der Waals surface area contributed by atoms with Crippen molar-refractivity contribution in [2.45, 2.75) is 25.4 Å². The topological polar surface area (TPSA) is 58.6 Å². The SMILES string of the molecule is COCCC1(CNCC(C(=O)O)C(F)(F)F)CC1. The third kappa shape index (κ3) is 4.45. The number of alkyl halides is 3. The number of nitrogens with one attached hydrogen (secondary N) is 1. The Balaban J connectivity index is 2.34. The summed E-state index contributed by atoms with van der Waals surface area (Å²) in [6, 6.07) is 0. The highest BCUT2D eigenvalue weighted by Crippen LogP contribution is 2.48. The second kappa shape index (κ2) is 5.88. The number of ether oxygens (including phenoxy) is 1. The summed E-state index contributed by atoms with van der Waals surface area (Å²) in [6.45, 7) is 0.410. The number of rotatable bonds is 8. The van der Waals surface area contributed by atoms with E-state index in [2.05, 4.69) is 5.32 Å². The number of methoxy groups -OCH3 is 1. The van der Waals surface area contributed by atoms with Crippen molar-refractivity contribution in [1.82, 2.24) is 5.32 Å². The number of carboxylic acid groups (broad SMARTS) is 1. The van der Waals surface area contributed by atoms with Gasteiger partial charge in [0.2, 0.25) is 0 Å². The molecule has 0 heterocycles. The largest absolute Gasteiger partial charge is 0.481 e. The van der Waals surface area contributed by atoms with Gasteiger partial charge in [-0.3, -0.25) is 4.79 Å². The zero-order valence-electron chi connectivity index (χ0n) is 10.2. The lowest BCUT2D eigenvalue weighted by Crippen LogP contribution is -2.40. The molecular formula is C11H18F3NO3. The van der Waals surface area contributed by atoms with Crippen LogP contribution in [0.4, 0.5) is 13.2 Å². The highest BCUT2D eigenvalue weighted by Gasteiger charge is 2.46. The third-order valence-corrected chi connectivity index (χ3v) is 3.34. The van der Waals surface area contributed by atoms with Gasteiger partial charge in [0.15, 0.2) is 5.92 Å². The van der Waals surface area contributed by atoms with E-state index in [1.165, 1.54) is 0 Å². The van der Waals surface area contributed by atoms with Crippen LogP contribution in [-0.2, 0) is 9.53 Å². The Morgan fingerprint density at radius 3 is 2.50 bits per heavy atom. The molecule has 4 nitrogen and oxygen atoms in total. The summed E-state index contributed by atoms with van der Waals surface area (Å²) < 4.78 is 42.0. The van der Waals surface area contributed by atoms with Crippen molar-refractivity contribution in [3.63, 3.8) is 0 Å². The summed E-state index contributed by atoms with van der Waals surface area (Å²) in [7, 11) is 1.58. The predicted molar refractivity (Wildman–Crippen MR) is 58.2 cm³/mol. The number of carboxylic acids is 1. The van der Waals surface area contributed by atoms with E-state index in [4.69, 9.17) is 9.84 Å². The van der Waals surface area contributed by atoms with E-state index in [0.717, 1.165) is 19.3 Å². The molecule has 1 atom stereocenters. The van der Waals surface area contributed by atoms with Crippen LogP contribution in [0.1, 0.15) is 19.3 Å². The average Bonchev–Trinajstić information content (AvgIpc) is 3.00. The predicted octanol–water partition coefficient (Wildman–Crippen LogP) is 1.66. The minimum atomic E-state index is -4.71. The van der Waals surface area contributed by atoms with Crippen molar-refractivity contribution in [2.75, 3.05) is 26.8 Å². The normalized spacial score (nSPS) is 19.6. The first-order valence-corrected chi connectivity index (χ1v) is 5.80. The van der Waals surface area contributed by atoms with E-state index < -0.39 is 24.6 Å². The Bertz CT molecular complexity index is 290. The lowest BCUT2D eigenvalue weighted by atomic mass is 10.0. The molecule has 0 radical (unpaired) electrons. The average molecular weight is 269 g/mol. The minimum absolute atomic E-state index is 0.00462.